The minimum absolute atomic E-state index is 0.150. The number of rotatable bonds is 4. The lowest BCUT2D eigenvalue weighted by Crippen LogP contribution is -2.04. The van der Waals surface area contributed by atoms with Crippen LogP contribution in [0.4, 0.5) is 11.4 Å². The van der Waals surface area contributed by atoms with Crippen molar-refractivity contribution in [1.29, 1.82) is 0 Å². The third kappa shape index (κ3) is 2.81. The summed E-state index contributed by atoms with van der Waals surface area (Å²) >= 11 is 0. The number of fused-ring (bicyclic) bond motifs is 1. The van der Waals surface area contributed by atoms with Gasteiger partial charge in [-0.1, -0.05) is 0 Å². The van der Waals surface area contributed by atoms with Gasteiger partial charge in [0.05, 0.1) is 11.4 Å². The van der Waals surface area contributed by atoms with Crippen molar-refractivity contribution in [2.75, 3.05) is 5.32 Å². The molecule has 0 unspecified atom stereocenters. The first-order chi connectivity index (χ1) is 12.2. The maximum Gasteiger partial charge on any atom is 0.248 e. The molecule has 6 heteroatoms. The first-order valence-electron chi connectivity index (χ1n) is 7.72. The number of carbonyl (C=O) groups excluding carboxylic acids is 1. The van der Waals surface area contributed by atoms with Gasteiger partial charge in [-0.2, -0.15) is 0 Å². The van der Waals surface area contributed by atoms with Gasteiger partial charge >= 0.3 is 0 Å². The van der Waals surface area contributed by atoms with Crippen LogP contribution in [-0.4, -0.2) is 20.7 Å². The van der Waals surface area contributed by atoms with E-state index in [9.17, 15) is 9.59 Å². The third-order valence-electron chi connectivity index (χ3n) is 3.95. The van der Waals surface area contributed by atoms with Gasteiger partial charge in [0.15, 0.2) is 5.65 Å². The largest absolute Gasteiger partial charge is 0.352 e. The number of nitrogens with zero attached hydrogens (tertiary/aromatic N) is 2. The molecule has 3 aromatic heterocycles. The Labute approximate surface area is 142 Å². The van der Waals surface area contributed by atoms with Crippen molar-refractivity contribution in [1.82, 2.24) is 14.4 Å². The number of H-pyrrole nitrogens is 1. The monoisotopic (exact) mass is 330 g/mol. The molecule has 122 valence electrons. The van der Waals surface area contributed by atoms with Gasteiger partial charge in [0.1, 0.15) is 6.29 Å². The zero-order valence-electron chi connectivity index (χ0n) is 13.1. The predicted octanol–water partition coefficient (Wildman–Crippen LogP) is 3.25. The summed E-state index contributed by atoms with van der Waals surface area (Å²) in [4.78, 5) is 29.4. The molecule has 0 saturated heterocycles. The molecular formula is C19H14N4O2. The van der Waals surface area contributed by atoms with Crippen LogP contribution in [0.3, 0.4) is 0 Å². The summed E-state index contributed by atoms with van der Waals surface area (Å²) in [5, 5.41) is 3.31. The number of hydrogen-bond donors (Lipinski definition) is 2. The highest BCUT2D eigenvalue weighted by atomic mass is 16.1. The lowest BCUT2D eigenvalue weighted by Gasteiger charge is -2.11. The van der Waals surface area contributed by atoms with Crippen LogP contribution in [0.15, 0.2) is 71.9 Å². The maximum absolute atomic E-state index is 11.6. The van der Waals surface area contributed by atoms with Crippen LogP contribution in [0.1, 0.15) is 10.4 Å². The number of carbonyl (C=O) groups is 1. The van der Waals surface area contributed by atoms with Crippen molar-refractivity contribution in [3.8, 4) is 11.3 Å². The molecule has 6 nitrogen and oxygen atoms in total. The first-order valence-corrected chi connectivity index (χ1v) is 7.72. The van der Waals surface area contributed by atoms with Crippen molar-refractivity contribution in [3.63, 3.8) is 0 Å². The smallest absolute Gasteiger partial charge is 0.248 e. The number of aldehydes is 1. The Hall–Kier alpha value is -3.67. The SMILES string of the molecule is O=Cc1ccc(Nc2ccc(-c3cc[nH]c(=O)c3)n3ccnc23)cc1. The van der Waals surface area contributed by atoms with Gasteiger partial charge < -0.3 is 10.3 Å². The maximum atomic E-state index is 11.6. The van der Waals surface area contributed by atoms with Crippen molar-refractivity contribution >= 4 is 23.3 Å². The van der Waals surface area contributed by atoms with Crippen LogP contribution in [0.5, 0.6) is 0 Å². The molecule has 0 aliphatic heterocycles. The highest BCUT2D eigenvalue weighted by Crippen LogP contribution is 2.26. The zero-order chi connectivity index (χ0) is 17.2. The van der Waals surface area contributed by atoms with Gasteiger partial charge in [-0.05, 0) is 42.5 Å². The summed E-state index contributed by atoms with van der Waals surface area (Å²) in [6, 6.07) is 14.5. The van der Waals surface area contributed by atoms with Crippen LogP contribution < -0.4 is 10.9 Å². The lowest BCUT2D eigenvalue weighted by atomic mass is 10.1. The lowest BCUT2D eigenvalue weighted by molar-refractivity contribution is 0.112. The molecule has 0 fully saturated rings. The van der Waals surface area contributed by atoms with Crippen LogP contribution in [0.25, 0.3) is 16.9 Å². The number of nitrogens with one attached hydrogen (secondary N) is 2. The first kappa shape index (κ1) is 14.9. The second kappa shape index (κ2) is 6.09. The second-order valence-corrected chi connectivity index (χ2v) is 5.56. The van der Waals surface area contributed by atoms with Gasteiger partial charge in [0.25, 0.3) is 0 Å². The minimum atomic E-state index is -0.150. The fourth-order valence-electron chi connectivity index (χ4n) is 2.75. The highest BCUT2D eigenvalue weighted by Gasteiger charge is 2.09. The van der Waals surface area contributed by atoms with Gasteiger partial charge in [-0.15, -0.1) is 0 Å². The third-order valence-corrected chi connectivity index (χ3v) is 3.95. The molecule has 2 N–H and O–H groups in total. The van der Waals surface area contributed by atoms with Crippen molar-refractivity contribution in [2.24, 2.45) is 0 Å². The van der Waals surface area contributed by atoms with Crippen molar-refractivity contribution in [2.45, 2.75) is 0 Å². The summed E-state index contributed by atoms with van der Waals surface area (Å²) in [5.74, 6) is 0. The molecule has 0 aliphatic rings. The Bertz CT molecular complexity index is 1110. The predicted molar refractivity (Wildman–Crippen MR) is 96.4 cm³/mol. The van der Waals surface area contributed by atoms with Crippen LogP contribution >= 0.6 is 0 Å². The quantitative estimate of drug-likeness (QED) is 0.563. The number of hydrogen-bond acceptors (Lipinski definition) is 4. The van der Waals surface area contributed by atoms with Crippen LogP contribution in [-0.2, 0) is 0 Å². The number of aromatic amines is 1. The fraction of sp³-hybridized carbons (Fsp3) is 0. The summed E-state index contributed by atoms with van der Waals surface area (Å²) in [6.45, 7) is 0. The summed E-state index contributed by atoms with van der Waals surface area (Å²) < 4.78 is 1.93. The fourth-order valence-corrected chi connectivity index (χ4v) is 2.75. The number of benzene rings is 1. The topological polar surface area (TPSA) is 79.3 Å². The molecule has 1 aromatic carbocycles. The molecule has 0 saturated carbocycles. The summed E-state index contributed by atoms with van der Waals surface area (Å²) in [6.07, 6.45) is 6.01. The average Bonchev–Trinajstić information content (AvgIpc) is 3.13. The van der Waals surface area contributed by atoms with Crippen LogP contribution in [0, 0.1) is 0 Å². The van der Waals surface area contributed by atoms with Crippen molar-refractivity contribution < 1.29 is 4.79 Å². The van der Waals surface area contributed by atoms with E-state index in [1.165, 1.54) is 0 Å². The summed E-state index contributed by atoms with van der Waals surface area (Å²) in [5.41, 5.74) is 4.60. The Balaban J connectivity index is 1.76. The van der Waals surface area contributed by atoms with E-state index in [0.29, 0.717) is 5.56 Å². The minimum Gasteiger partial charge on any atom is -0.352 e. The standard InChI is InChI=1S/C19H14N4O2/c24-12-13-1-3-15(4-2-13)22-16-5-6-17(23-10-9-21-19(16)23)14-7-8-20-18(25)11-14/h1-12,22H,(H,20,25). The number of pyridine rings is 2. The zero-order valence-corrected chi connectivity index (χ0v) is 13.1. The summed E-state index contributed by atoms with van der Waals surface area (Å²) in [7, 11) is 0. The number of anilines is 2. The van der Waals surface area contributed by atoms with E-state index in [1.807, 2.05) is 40.9 Å². The highest BCUT2D eigenvalue weighted by molar-refractivity contribution is 5.80. The molecule has 4 rings (SSSR count). The van der Waals surface area contributed by atoms with E-state index in [0.717, 1.165) is 34.6 Å². The van der Waals surface area contributed by atoms with Gasteiger partial charge in [-0.25, -0.2) is 4.98 Å². The van der Waals surface area contributed by atoms with E-state index in [1.54, 1.807) is 30.6 Å². The van der Waals surface area contributed by atoms with E-state index >= 15 is 0 Å². The molecular weight excluding hydrogens is 316 g/mol. The average molecular weight is 330 g/mol. The van der Waals surface area contributed by atoms with E-state index in [4.69, 9.17) is 0 Å². The van der Waals surface area contributed by atoms with Crippen LogP contribution in [0.2, 0.25) is 0 Å². The normalized spacial score (nSPS) is 10.7. The molecule has 0 aliphatic carbocycles. The number of imidazole rings is 1. The van der Waals surface area contributed by atoms with E-state index in [-0.39, 0.29) is 5.56 Å². The molecule has 3 heterocycles. The molecule has 0 amide bonds. The van der Waals surface area contributed by atoms with E-state index in [2.05, 4.69) is 15.3 Å². The van der Waals surface area contributed by atoms with Gasteiger partial charge in [0.2, 0.25) is 5.56 Å². The Morgan fingerprint density at radius 3 is 2.68 bits per heavy atom. The molecule has 25 heavy (non-hydrogen) atoms. The number of aromatic nitrogens is 3. The van der Waals surface area contributed by atoms with E-state index < -0.39 is 0 Å². The Kier molecular flexibility index (Phi) is 3.63. The molecule has 0 bridgehead atoms. The Morgan fingerprint density at radius 1 is 1.08 bits per heavy atom. The van der Waals surface area contributed by atoms with Gasteiger partial charge in [-0.3, -0.25) is 14.0 Å². The van der Waals surface area contributed by atoms with Gasteiger partial charge in [0, 0.05) is 41.5 Å². The molecule has 0 atom stereocenters. The Morgan fingerprint density at radius 2 is 1.92 bits per heavy atom. The molecule has 0 radical (unpaired) electrons. The molecule has 0 spiro atoms. The molecule has 4 aromatic rings. The van der Waals surface area contributed by atoms with Crippen molar-refractivity contribution in [3.05, 3.63) is 83.0 Å². The second-order valence-electron chi connectivity index (χ2n) is 5.56.